The zero-order valence-electron chi connectivity index (χ0n) is 17.8. The summed E-state index contributed by atoms with van der Waals surface area (Å²) in [6.45, 7) is 3.59. The molecule has 0 unspecified atom stereocenters. The minimum atomic E-state index is -0.269. The van der Waals surface area contributed by atoms with Crippen molar-refractivity contribution in [1.82, 2.24) is 20.3 Å². The molecule has 0 radical (unpaired) electrons. The molecule has 1 aliphatic rings. The summed E-state index contributed by atoms with van der Waals surface area (Å²) in [4.78, 5) is 27.4. The van der Waals surface area contributed by atoms with E-state index in [1.54, 1.807) is 25.6 Å². The lowest BCUT2D eigenvalue weighted by molar-refractivity contribution is 0.102. The highest BCUT2D eigenvalue weighted by Crippen LogP contribution is 2.27. The van der Waals surface area contributed by atoms with E-state index in [9.17, 15) is 4.79 Å². The fourth-order valence-corrected chi connectivity index (χ4v) is 3.94. The Hall–Kier alpha value is -3.91. The second kappa shape index (κ2) is 8.68. The molecule has 32 heavy (non-hydrogen) atoms. The smallest absolute Gasteiger partial charge is 0.274 e. The van der Waals surface area contributed by atoms with E-state index in [1.807, 2.05) is 42.5 Å². The normalized spacial score (nSPS) is 13.8. The van der Waals surface area contributed by atoms with Crippen LogP contribution in [0, 0.1) is 0 Å². The van der Waals surface area contributed by atoms with Gasteiger partial charge in [-0.15, -0.1) is 0 Å². The lowest BCUT2D eigenvalue weighted by atomic mass is 10.2. The fourth-order valence-electron chi connectivity index (χ4n) is 3.94. The second-order valence-corrected chi connectivity index (χ2v) is 7.63. The first kappa shape index (κ1) is 20.0. The van der Waals surface area contributed by atoms with Crippen LogP contribution in [0.25, 0.3) is 22.3 Å². The highest BCUT2D eigenvalue weighted by atomic mass is 16.5. The summed E-state index contributed by atoms with van der Waals surface area (Å²) in [6, 6.07) is 15.2. The molecular weight excluding hydrogens is 404 g/mol. The molecule has 162 valence electrons. The van der Waals surface area contributed by atoms with Gasteiger partial charge in [-0.25, -0.2) is 4.98 Å². The van der Waals surface area contributed by atoms with Crippen LogP contribution in [0.1, 0.15) is 10.5 Å². The number of amides is 1. The van der Waals surface area contributed by atoms with Crippen molar-refractivity contribution < 1.29 is 9.53 Å². The molecule has 0 bridgehead atoms. The minimum Gasteiger partial charge on any atom is -0.497 e. The van der Waals surface area contributed by atoms with Crippen LogP contribution in [0.3, 0.4) is 0 Å². The largest absolute Gasteiger partial charge is 0.497 e. The molecule has 4 heterocycles. The molecule has 0 aliphatic carbocycles. The molecule has 1 amide bonds. The average molecular weight is 428 g/mol. The van der Waals surface area contributed by atoms with Crippen molar-refractivity contribution in [2.24, 2.45) is 0 Å². The van der Waals surface area contributed by atoms with Crippen LogP contribution in [0.4, 0.5) is 11.4 Å². The van der Waals surface area contributed by atoms with Crippen molar-refractivity contribution in [3.63, 3.8) is 0 Å². The highest BCUT2D eigenvalue weighted by Gasteiger charge is 2.17. The maximum Gasteiger partial charge on any atom is 0.274 e. The van der Waals surface area contributed by atoms with Crippen LogP contribution < -0.4 is 20.3 Å². The molecule has 5 rings (SSSR count). The number of aromatic amines is 1. The summed E-state index contributed by atoms with van der Waals surface area (Å²) in [6.07, 6.45) is 3.43. The van der Waals surface area contributed by atoms with Crippen molar-refractivity contribution in [3.8, 4) is 17.1 Å². The van der Waals surface area contributed by atoms with Gasteiger partial charge in [-0.3, -0.25) is 9.78 Å². The number of aromatic nitrogens is 3. The number of hydrogen-bond donors (Lipinski definition) is 3. The number of rotatable bonds is 5. The third-order valence-corrected chi connectivity index (χ3v) is 5.59. The molecule has 1 saturated heterocycles. The number of nitrogens with zero attached hydrogens (tertiary/aromatic N) is 3. The number of benzene rings is 1. The fraction of sp³-hybridized carbons (Fsp3) is 0.208. The Kier molecular flexibility index (Phi) is 5.43. The standard InChI is InChI=1S/C24H24N6O2/c1-32-17-5-6-18-16(13-17)14-21(27-18)19-3-2-4-20(28-19)24(31)29-22-15-26-8-7-23(22)30-11-9-25-10-12-30/h2-8,13-15,25,27H,9-12H2,1H3,(H,29,31). The van der Waals surface area contributed by atoms with Crippen LogP contribution >= 0.6 is 0 Å². The molecule has 8 heteroatoms. The molecule has 1 aliphatic heterocycles. The third-order valence-electron chi connectivity index (χ3n) is 5.59. The number of methoxy groups -OCH3 is 1. The lowest BCUT2D eigenvalue weighted by Crippen LogP contribution is -2.43. The van der Waals surface area contributed by atoms with Crippen LogP contribution in [-0.2, 0) is 0 Å². The monoisotopic (exact) mass is 428 g/mol. The quantitative estimate of drug-likeness (QED) is 0.452. The van der Waals surface area contributed by atoms with Crippen molar-refractivity contribution in [1.29, 1.82) is 0 Å². The summed E-state index contributed by atoms with van der Waals surface area (Å²) in [7, 11) is 1.65. The maximum atomic E-state index is 13.0. The van der Waals surface area contributed by atoms with Gasteiger partial charge < -0.3 is 25.3 Å². The molecule has 3 aromatic heterocycles. The van der Waals surface area contributed by atoms with Crippen molar-refractivity contribution >= 4 is 28.2 Å². The van der Waals surface area contributed by atoms with Crippen molar-refractivity contribution in [2.45, 2.75) is 0 Å². The second-order valence-electron chi connectivity index (χ2n) is 7.63. The highest BCUT2D eigenvalue weighted by molar-refractivity contribution is 6.05. The summed E-state index contributed by atoms with van der Waals surface area (Å²) < 4.78 is 5.30. The van der Waals surface area contributed by atoms with Crippen LogP contribution in [0.2, 0.25) is 0 Å². The van der Waals surface area contributed by atoms with E-state index in [0.29, 0.717) is 17.1 Å². The molecule has 0 atom stereocenters. The van der Waals surface area contributed by atoms with E-state index in [1.165, 1.54) is 0 Å². The van der Waals surface area contributed by atoms with Gasteiger partial charge in [0.15, 0.2) is 0 Å². The molecule has 1 aromatic carbocycles. The van der Waals surface area contributed by atoms with Crippen LogP contribution in [0.15, 0.2) is 60.9 Å². The molecule has 1 fully saturated rings. The minimum absolute atomic E-state index is 0.269. The van der Waals surface area contributed by atoms with Crippen LogP contribution in [0.5, 0.6) is 5.75 Å². The van der Waals surface area contributed by atoms with Crippen molar-refractivity contribution in [2.75, 3.05) is 43.5 Å². The van der Waals surface area contributed by atoms with Gasteiger partial charge in [-0.2, -0.15) is 0 Å². The number of piperazine rings is 1. The first-order chi connectivity index (χ1) is 15.7. The molecule has 4 aromatic rings. The SMILES string of the molecule is COc1ccc2[nH]c(-c3cccc(C(=O)Nc4cnccc4N4CCNCC4)n3)cc2c1. The predicted octanol–water partition coefficient (Wildman–Crippen LogP) is 3.30. The third kappa shape index (κ3) is 4.00. The first-order valence-corrected chi connectivity index (χ1v) is 10.6. The number of hydrogen-bond acceptors (Lipinski definition) is 6. The maximum absolute atomic E-state index is 13.0. The van der Waals surface area contributed by atoms with Gasteiger partial charge in [0.05, 0.1) is 36.1 Å². The molecular formula is C24H24N6O2. The van der Waals surface area contributed by atoms with Gasteiger partial charge in [0.2, 0.25) is 0 Å². The lowest BCUT2D eigenvalue weighted by Gasteiger charge is -2.30. The average Bonchev–Trinajstić information content (AvgIpc) is 3.28. The number of H-pyrrole nitrogens is 1. The Bertz CT molecular complexity index is 1260. The van der Waals surface area contributed by atoms with Gasteiger partial charge in [0.25, 0.3) is 5.91 Å². The molecule has 8 nitrogen and oxygen atoms in total. The molecule has 0 spiro atoms. The Morgan fingerprint density at radius 3 is 2.84 bits per heavy atom. The number of carbonyl (C=O) groups excluding carboxylic acids is 1. The van der Waals surface area contributed by atoms with Gasteiger partial charge in [-0.05, 0) is 42.5 Å². The van der Waals surface area contributed by atoms with E-state index in [0.717, 1.165) is 54.2 Å². The number of fused-ring (bicyclic) bond motifs is 1. The van der Waals surface area contributed by atoms with Crippen molar-refractivity contribution in [3.05, 3.63) is 66.6 Å². The molecule has 0 saturated carbocycles. The summed E-state index contributed by atoms with van der Waals surface area (Å²) in [5, 5.41) is 7.36. The summed E-state index contributed by atoms with van der Waals surface area (Å²) in [5.41, 5.74) is 4.51. The Balaban J connectivity index is 1.40. The summed E-state index contributed by atoms with van der Waals surface area (Å²) in [5.74, 6) is 0.523. The summed E-state index contributed by atoms with van der Waals surface area (Å²) >= 11 is 0. The number of pyridine rings is 2. The van der Waals surface area contributed by atoms with E-state index in [4.69, 9.17) is 4.74 Å². The number of nitrogens with one attached hydrogen (secondary N) is 3. The molecule has 3 N–H and O–H groups in total. The Labute approximate surface area is 185 Å². The zero-order valence-corrected chi connectivity index (χ0v) is 17.8. The Morgan fingerprint density at radius 2 is 2.00 bits per heavy atom. The van der Waals surface area contributed by atoms with E-state index in [-0.39, 0.29) is 5.91 Å². The van der Waals surface area contributed by atoms with Gasteiger partial charge in [0.1, 0.15) is 11.4 Å². The van der Waals surface area contributed by atoms with E-state index < -0.39 is 0 Å². The predicted molar refractivity (Wildman–Crippen MR) is 125 cm³/mol. The van der Waals surface area contributed by atoms with Gasteiger partial charge >= 0.3 is 0 Å². The number of ether oxygens (including phenoxy) is 1. The first-order valence-electron chi connectivity index (χ1n) is 10.6. The topological polar surface area (TPSA) is 95.2 Å². The van der Waals surface area contributed by atoms with Gasteiger partial charge in [-0.1, -0.05) is 6.07 Å². The number of carbonyl (C=O) groups is 1. The van der Waals surface area contributed by atoms with Gasteiger partial charge in [0, 0.05) is 43.3 Å². The number of anilines is 2. The Morgan fingerprint density at radius 1 is 1.12 bits per heavy atom. The van der Waals surface area contributed by atoms with E-state index >= 15 is 0 Å². The van der Waals surface area contributed by atoms with Crippen LogP contribution in [-0.4, -0.2) is 54.1 Å². The zero-order chi connectivity index (χ0) is 21.9. The van der Waals surface area contributed by atoms with E-state index in [2.05, 4.69) is 30.5 Å².